The van der Waals surface area contributed by atoms with Crippen LogP contribution >= 0.6 is 0 Å². The molecule has 116 valence electrons. The minimum absolute atomic E-state index is 0.297. The van der Waals surface area contributed by atoms with Gasteiger partial charge in [-0.15, -0.1) is 0 Å². The van der Waals surface area contributed by atoms with Crippen LogP contribution in [0.5, 0.6) is 0 Å². The predicted molar refractivity (Wildman–Crippen MR) is 84.8 cm³/mol. The lowest BCUT2D eigenvalue weighted by Crippen LogP contribution is -2.31. The number of rotatable bonds is 4. The molecule has 23 heavy (non-hydrogen) atoms. The summed E-state index contributed by atoms with van der Waals surface area (Å²) in [6.07, 6.45) is 2.84. The molecule has 0 radical (unpaired) electrons. The number of ketones is 1. The highest BCUT2D eigenvalue weighted by atomic mass is 16.2. The van der Waals surface area contributed by atoms with Crippen LogP contribution in [0, 0.1) is 6.92 Å². The number of aromatic nitrogens is 4. The Bertz CT molecular complexity index is 873. The largest absolute Gasteiger partial charge is 0.324 e. The Morgan fingerprint density at radius 2 is 1.87 bits per heavy atom. The number of Topliss-reactive ketones (excluding diaryl/α,β-unsaturated/α-hetero) is 1. The van der Waals surface area contributed by atoms with E-state index in [0.717, 1.165) is 0 Å². The second-order valence-electron chi connectivity index (χ2n) is 5.15. The zero-order chi connectivity index (χ0) is 16.4. The lowest BCUT2D eigenvalue weighted by Gasteiger charge is -2.16. The van der Waals surface area contributed by atoms with Crippen LogP contribution < -0.4 is 5.32 Å². The minimum Gasteiger partial charge on any atom is -0.324 e. The molecule has 0 spiro atoms. The third-order valence-corrected chi connectivity index (χ3v) is 3.49. The smallest absolute Gasteiger partial charge is 0.255 e. The van der Waals surface area contributed by atoms with Gasteiger partial charge >= 0.3 is 0 Å². The van der Waals surface area contributed by atoms with E-state index in [-0.39, 0.29) is 5.78 Å². The highest BCUT2D eigenvalue weighted by molar-refractivity contribution is 6.09. The summed E-state index contributed by atoms with van der Waals surface area (Å²) in [4.78, 5) is 37.0. The second-order valence-corrected chi connectivity index (χ2v) is 5.15. The topological polar surface area (TPSA) is 89.8 Å². The highest BCUT2D eigenvalue weighted by Crippen LogP contribution is 2.19. The van der Waals surface area contributed by atoms with Gasteiger partial charge in [0.15, 0.2) is 17.5 Å². The monoisotopic (exact) mass is 309 g/mol. The van der Waals surface area contributed by atoms with Crippen LogP contribution in [0.25, 0.3) is 11.2 Å². The maximum atomic E-state index is 12.6. The Labute approximate surface area is 132 Å². The number of nitrogens with zero attached hydrogens (tertiary/aromatic N) is 4. The number of hydrogen-bond acceptors (Lipinski definition) is 5. The molecule has 2 aromatic heterocycles. The summed E-state index contributed by atoms with van der Waals surface area (Å²) < 4.78 is 1.48. The molecule has 7 nitrogen and oxygen atoms in total. The maximum Gasteiger partial charge on any atom is 0.255 e. The number of aryl methyl sites for hydroxylation is 1. The number of fused-ring (bicyclic) bond motifs is 1. The van der Waals surface area contributed by atoms with E-state index in [1.54, 1.807) is 19.1 Å². The summed E-state index contributed by atoms with van der Waals surface area (Å²) in [5, 5.41) is 2.74. The van der Waals surface area contributed by atoms with Gasteiger partial charge in [-0.25, -0.2) is 15.0 Å². The molecule has 0 saturated carbocycles. The third-order valence-electron chi connectivity index (χ3n) is 3.49. The molecule has 2 heterocycles. The van der Waals surface area contributed by atoms with E-state index < -0.39 is 11.9 Å². The van der Waals surface area contributed by atoms with E-state index >= 15 is 0 Å². The van der Waals surface area contributed by atoms with E-state index in [2.05, 4.69) is 20.3 Å². The zero-order valence-electron chi connectivity index (χ0n) is 12.7. The average molecular weight is 309 g/mol. The van der Waals surface area contributed by atoms with Gasteiger partial charge in [0, 0.05) is 5.69 Å². The number of amides is 1. The van der Waals surface area contributed by atoms with Gasteiger partial charge in [-0.2, -0.15) is 0 Å². The second kappa shape index (κ2) is 5.96. The SMILES string of the molecule is CC(=O)C(C(=O)Nc1ccccc1)n1cnc2c(C)ncnc21. The molecule has 1 aromatic carbocycles. The van der Waals surface area contributed by atoms with Crippen molar-refractivity contribution >= 4 is 28.5 Å². The maximum absolute atomic E-state index is 12.6. The van der Waals surface area contributed by atoms with Crippen molar-refractivity contribution in [3.63, 3.8) is 0 Å². The Kier molecular flexibility index (Phi) is 3.84. The van der Waals surface area contributed by atoms with Crippen LogP contribution in [-0.2, 0) is 9.59 Å². The number of nitrogens with one attached hydrogen (secondary N) is 1. The Morgan fingerprint density at radius 1 is 1.13 bits per heavy atom. The molecule has 1 N–H and O–H groups in total. The number of carbonyl (C=O) groups excluding carboxylic acids is 2. The van der Waals surface area contributed by atoms with Gasteiger partial charge in [-0.1, -0.05) is 18.2 Å². The van der Waals surface area contributed by atoms with Crippen molar-refractivity contribution in [1.82, 2.24) is 19.5 Å². The molecule has 1 amide bonds. The number of anilines is 1. The number of hydrogen-bond donors (Lipinski definition) is 1. The molecule has 0 aliphatic rings. The third kappa shape index (κ3) is 2.80. The van der Waals surface area contributed by atoms with E-state index in [4.69, 9.17) is 0 Å². The average Bonchev–Trinajstić information content (AvgIpc) is 2.93. The first-order valence-electron chi connectivity index (χ1n) is 7.08. The fourth-order valence-electron chi connectivity index (χ4n) is 2.40. The van der Waals surface area contributed by atoms with Crippen LogP contribution in [0.15, 0.2) is 43.0 Å². The summed E-state index contributed by atoms with van der Waals surface area (Å²) >= 11 is 0. The van der Waals surface area contributed by atoms with Crippen LogP contribution in [0.3, 0.4) is 0 Å². The standard InChI is InChI=1S/C16H15N5O2/c1-10-13-15(18-8-17-10)21(9-19-13)14(11(2)22)16(23)20-12-6-4-3-5-7-12/h3-9,14H,1-2H3,(H,20,23). The van der Waals surface area contributed by atoms with Gasteiger partial charge in [0.25, 0.3) is 5.91 Å². The zero-order valence-corrected chi connectivity index (χ0v) is 12.7. The first kappa shape index (κ1) is 14.8. The van der Waals surface area contributed by atoms with Gasteiger partial charge in [0.2, 0.25) is 0 Å². The molecular formula is C16H15N5O2. The van der Waals surface area contributed by atoms with Crippen LogP contribution in [-0.4, -0.2) is 31.2 Å². The van der Waals surface area contributed by atoms with Crippen molar-refractivity contribution in [3.8, 4) is 0 Å². The summed E-state index contributed by atoms with van der Waals surface area (Å²) in [5.41, 5.74) is 2.35. The molecule has 0 aliphatic heterocycles. The van der Waals surface area contributed by atoms with Crippen molar-refractivity contribution in [2.75, 3.05) is 5.32 Å². The van der Waals surface area contributed by atoms with Gasteiger partial charge in [-0.05, 0) is 26.0 Å². The molecule has 1 unspecified atom stereocenters. The van der Waals surface area contributed by atoms with Crippen molar-refractivity contribution in [1.29, 1.82) is 0 Å². The molecule has 7 heteroatoms. The summed E-state index contributed by atoms with van der Waals surface area (Å²) in [6.45, 7) is 3.17. The van der Waals surface area contributed by atoms with Gasteiger partial charge < -0.3 is 5.32 Å². The summed E-state index contributed by atoms with van der Waals surface area (Å²) in [5.74, 6) is -0.728. The van der Waals surface area contributed by atoms with Gasteiger partial charge in [-0.3, -0.25) is 14.2 Å². The quantitative estimate of drug-likeness (QED) is 0.743. The van der Waals surface area contributed by atoms with E-state index in [1.165, 1.54) is 24.1 Å². The predicted octanol–water partition coefficient (Wildman–Crippen LogP) is 1.90. The molecule has 3 rings (SSSR count). The van der Waals surface area contributed by atoms with E-state index in [9.17, 15) is 9.59 Å². The number of carbonyl (C=O) groups is 2. The Morgan fingerprint density at radius 3 is 2.57 bits per heavy atom. The van der Waals surface area contributed by atoms with Crippen LogP contribution in [0.2, 0.25) is 0 Å². The molecule has 3 aromatic rings. The van der Waals surface area contributed by atoms with Gasteiger partial charge in [0.1, 0.15) is 11.8 Å². The lowest BCUT2D eigenvalue weighted by molar-refractivity contribution is -0.128. The highest BCUT2D eigenvalue weighted by Gasteiger charge is 2.27. The van der Waals surface area contributed by atoms with E-state index in [0.29, 0.717) is 22.5 Å². The molecular weight excluding hydrogens is 294 g/mol. The summed E-state index contributed by atoms with van der Waals surface area (Å²) in [6, 6.07) is 7.94. The van der Waals surface area contributed by atoms with Crippen molar-refractivity contribution in [3.05, 3.63) is 48.7 Å². The fourth-order valence-corrected chi connectivity index (χ4v) is 2.40. The van der Waals surface area contributed by atoms with Crippen molar-refractivity contribution < 1.29 is 9.59 Å². The normalized spacial score (nSPS) is 12.1. The van der Waals surface area contributed by atoms with Gasteiger partial charge in [0.05, 0.1) is 12.0 Å². The lowest BCUT2D eigenvalue weighted by atomic mass is 10.1. The molecule has 0 aliphatic carbocycles. The molecule has 0 saturated heterocycles. The molecule has 0 fully saturated rings. The minimum atomic E-state index is -1.03. The molecule has 1 atom stereocenters. The number of imidazole rings is 1. The number of para-hydroxylation sites is 1. The Balaban J connectivity index is 1.99. The fraction of sp³-hybridized carbons (Fsp3) is 0.188. The summed E-state index contributed by atoms with van der Waals surface area (Å²) in [7, 11) is 0. The molecule has 0 bridgehead atoms. The first-order chi connectivity index (χ1) is 11.1. The van der Waals surface area contributed by atoms with Crippen LogP contribution in [0.4, 0.5) is 5.69 Å². The van der Waals surface area contributed by atoms with Crippen molar-refractivity contribution in [2.24, 2.45) is 0 Å². The number of benzene rings is 1. The van der Waals surface area contributed by atoms with Crippen molar-refractivity contribution in [2.45, 2.75) is 19.9 Å². The Hall–Kier alpha value is -3.09. The first-order valence-corrected chi connectivity index (χ1v) is 7.08. The van der Waals surface area contributed by atoms with E-state index in [1.807, 2.05) is 18.2 Å². The van der Waals surface area contributed by atoms with Crippen LogP contribution in [0.1, 0.15) is 18.7 Å².